The van der Waals surface area contributed by atoms with Gasteiger partial charge in [0.25, 0.3) is 0 Å². The second kappa shape index (κ2) is 12.1. The SMILES string of the molecule is CC(=O)N1CCN(C(=O)CN2C(=O)CSC(c3cccc(Cl)c3)c3c(-c4cccs4)nn(-c4ccccc4Cl)c32)CC1. The van der Waals surface area contributed by atoms with Crippen LogP contribution in [0.15, 0.2) is 66.0 Å². The van der Waals surface area contributed by atoms with Crippen molar-refractivity contribution in [3.8, 4) is 16.3 Å². The average molecular weight is 641 g/mol. The third-order valence-corrected chi connectivity index (χ3v) is 10.1. The minimum absolute atomic E-state index is 0.0109. The van der Waals surface area contributed by atoms with Crippen LogP contribution < -0.4 is 4.90 Å². The summed E-state index contributed by atoms with van der Waals surface area (Å²) in [6.45, 7) is 3.13. The molecule has 0 saturated carbocycles. The first-order valence-electron chi connectivity index (χ1n) is 13.4. The summed E-state index contributed by atoms with van der Waals surface area (Å²) in [5.74, 6) is 0.273. The lowest BCUT2D eigenvalue weighted by Gasteiger charge is -2.35. The highest BCUT2D eigenvalue weighted by atomic mass is 35.5. The molecule has 8 nitrogen and oxygen atoms in total. The Labute approximate surface area is 261 Å². The van der Waals surface area contributed by atoms with Gasteiger partial charge in [-0.15, -0.1) is 23.1 Å². The lowest BCUT2D eigenvalue weighted by atomic mass is 10.0. The van der Waals surface area contributed by atoms with Gasteiger partial charge in [-0.3, -0.25) is 19.3 Å². The maximum absolute atomic E-state index is 13.9. The van der Waals surface area contributed by atoms with Crippen LogP contribution >= 0.6 is 46.3 Å². The van der Waals surface area contributed by atoms with E-state index in [2.05, 4.69) is 0 Å². The molecule has 3 amide bonds. The number of fused-ring (bicyclic) bond motifs is 1. The molecule has 12 heteroatoms. The Bertz CT molecular complexity index is 1650. The standard InChI is InChI=1S/C30H27Cl2N5O3S2/c1-19(38)34-11-13-35(14-12-34)25(39)17-36-26(40)18-42-29(20-6-4-7-21(31)16-20)27-28(24-10-5-15-41-24)33-37(30(27)36)23-9-3-2-8-22(23)32/h2-10,15-16,29H,11-14,17-18H2,1H3. The van der Waals surface area contributed by atoms with Crippen molar-refractivity contribution in [2.24, 2.45) is 0 Å². The first-order valence-corrected chi connectivity index (χ1v) is 16.1. The lowest BCUT2D eigenvalue weighted by Crippen LogP contribution is -2.53. The van der Waals surface area contributed by atoms with Crippen LogP contribution in [0.25, 0.3) is 16.3 Å². The van der Waals surface area contributed by atoms with Crippen LogP contribution in [0.2, 0.25) is 10.0 Å². The third-order valence-electron chi connectivity index (χ3n) is 7.45. The van der Waals surface area contributed by atoms with Crippen LogP contribution in [0.3, 0.4) is 0 Å². The van der Waals surface area contributed by atoms with Crippen LogP contribution in [0, 0.1) is 0 Å². The van der Waals surface area contributed by atoms with Crippen LogP contribution in [-0.4, -0.2) is 75.8 Å². The predicted molar refractivity (Wildman–Crippen MR) is 169 cm³/mol. The Morgan fingerprint density at radius 2 is 1.74 bits per heavy atom. The first-order chi connectivity index (χ1) is 20.3. The molecule has 0 N–H and O–H groups in total. The molecule has 2 aromatic carbocycles. The second-order valence-electron chi connectivity index (χ2n) is 10.0. The molecule has 4 aromatic rings. The lowest BCUT2D eigenvalue weighted by molar-refractivity contribution is -0.137. The van der Waals surface area contributed by atoms with Crippen molar-refractivity contribution in [2.75, 3.05) is 43.4 Å². The zero-order valence-electron chi connectivity index (χ0n) is 22.7. The van der Waals surface area contributed by atoms with Gasteiger partial charge in [0.1, 0.15) is 18.1 Å². The summed E-state index contributed by atoms with van der Waals surface area (Å²) >= 11 is 16.2. The quantitative estimate of drug-likeness (QED) is 0.277. The number of carbonyl (C=O) groups is 3. The van der Waals surface area contributed by atoms with Crippen molar-refractivity contribution in [2.45, 2.75) is 12.2 Å². The molecule has 1 saturated heterocycles. The number of aromatic nitrogens is 2. The number of halogens is 2. The molecule has 1 atom stereocenters. The van der Waals surface area contributed by atoms with E-state index in [-0.39, 0.29) is 35.3 Å². The molecule has 2 aliphatic rings. The molecule has 0 bridgehead atoms. The maximum atomic E-state index is 13.9. The summed E-state index contributed by atoms with van der Waals surface area (Å²) in [5, 5.41) is 7.84. The molecule has 42 heavy (non-hydrogen) atoms. The van der Waals surface area contributed by atoms with Gasteiger partial charge in [-0.2, -0.15) is 5.10 Å². The molecule has 4 heterocycles. The van der Waals surface area contributed by atoms with E-state index in [1.165, 1.54) is 18.7 Å². The summed E-state index contributed by atoms with van der Waals surface area (Å²) < 4.78 is 1.70. The van der Waals surface area contributed by atoms with Gasteiger partial charge in [-0.05, 0) is 41.3 Å². The number of hydrogen-bond acceptors (Lipinski definition) is 6. The van der Waals surface area contributed by atoms with Gasteiger partial charge in [-0.1, -0.05) is 53.5 Å². The van der Waals surface area contributed by atoms with Crippen molar-refractivity contribution in [3.05, 3.63) is 87.2 Å². The van der Waals surface area contributed by atoms with E-state index in [1.807, 2.05) is 60.0 Å². The zero-order chi connectivity index (χ0) is 29.4. The van der Waals surface area contributed by atoms with Gasteiger partial charge in [0.15, 0.2) is 0 Å². The summed E-state index contributed by atoms with van der Waals surface area (Å²) in [7, 11) is 0. The van der Waals surface area contributed by atoms with Crippen LogP contribution in [0.1, 0.15) is 23.3 Å². The number of nitrogens with zero attached hydrogens (tertiary/aromatic N) is 5. The Balaban J connectivity index is 1.51. The highest BCUT2D eigenvalue weighted by molar-refractivity contribution is 8.00. The van der Waals surface area contributed by atoms with Gasteiger partial charge in [0.2, 0.25) is 17.7 Å². The number of hydrogen-bond donors (Lipinski definition) is 0. The second-order valence-corrected chi connectivity index (χ2v) is 12.9. The molecule has 2 aliphatic heterocycles. The highest BCUT2D eigenvalue weighted by Crippen LogP contribution is 2.49. The minimum Gasteiger partial charge on any atom is -0.339 e. The van der Waals surface area contributed by atoms with E-state index in [0.29, 0.717) is 47.7 Å². The van der Waals surface area contributed by atoms with E-state index >= 15 is 0 Å². The number of piperazine rings is 1. The fourth-order valence-corrected chi connectivity index (χ4v) is 7.67. The van der Waals surface area contributed by atoms with Gasteiger partial charge < -0.3 is 9.80 Å². The van der Waals surface area contributed by atoms with E-state index < -0.39 is 0 Å². The molecule has 1 fully saturated rings. The fourth-order valence-electron chi connectivity index (χ4n) is 5.34. The number of anilines is 1. The number of amides is 3. The van der Waals surface area contributed by atoms with Gasteiger partial charge in [-0.25, -0.2) is 4.68 Å². The fraction of sp³-hybridized carbons (Fsp3) is 0.267. The third kappa shape index (κ3) is 5.56. The van der Waals surface area contributed by atoms with E-state index in [9.17, 15) is 14.4 Å². The van der Waals surface area contributed by atoms with Crippen LogP contribution in [-0.2, 0) is 14.4 Å². The van der Waals surface area contributed by atoms with Crippen molar-refractivity contribution in [1.82, 2.24) is 19.6 Å². The van der Waals surface area contributed by atoms with Gasteiger partial charge >= 0.3 is 0 Å². The number of benzene rings is 2. The molecule has 0 aliphatic carbocycles. The van der Waals surface area contributed by atoms with Crippen molar-refractivity contribution in [3.63, 3.8) is 0 Å². The van der Waals surface area contributed by atoms with Crippen molar-refractivity contribution < 1.29 is 14.4 Å². The normalized spacial score (nSPS) is 17.3. The minimum atomic E-state index is -0.282. The Morgan fingerprint density at radius 1 is 0.976 bits per heavy atom. The largest absolute Gasteiger partial charge is 0.339 e. The molecular weight excluding hydrogens is 613 g/mol. The summed E-state index contributed by atoms with van der Waals surface area (Å²) in [6, 6.07) is 18.9. The molecule has 216 valence electrons. The summed E-state index contributed by atoms with van der Waals surface area (Å²) in [6.07, 6.45) is 0. The first kappa shape index (κ1) is 28.8. The monoisotopic (exact) mass is 639 g/mol. The van der Waals surface area contributed by atoms with Crippen LogP contribution in [0.5, 0.6) is 0 Å². The zero-order valence-corrected chi connectivity index (χ0v) is 25.8. The molecule has 0 radical (unpaired) electrons. The van der Waals surface area contributed by atoms with Gasteiger partial charge in [0.05, 0.1) is 26.6 Å². The Hall–Kier alpha value is -3.31. The number of thiophene rings is 1. The predicted octanol–water partition coefficient (Wildman–Crippen LogP) is 5.77. The van der Waals surface area contributed by atoms with E-state index in [0.717, 1.165) is 21.7 Å². The van der Waals surface area contributed by atoms with E-state index in [4.69, 9.17) is 28.3 Å². The molecular formula is C30H27Cl2N5O3S2. The molecule has 6 rings (SSSR count). The van der Waals surface area contributed by atoms with Crippen molar-refractivity contribution >= 4 is 69.8 Å². The molecule has 2 aromatic heterocycles. The molecule has 0 spiro atoms. The topological polar surface area (TPSA) is 78.8 Å². The Kier molecular flexibility index (Phi) is 8.31. The molecule has 1 unspecified atom stereocenters. The Morgan fingerprint density at radius 3 is 2.43 bits per heavy atom. The van der Waals surface area contributed by atoms with Crippen molar-refractivity contribution in [1.29, 1.82) is 0 Å². The average Bonchev–Trinajstić information content (AvgIpc) is 3.62. The highest BCUT2D eigenvalue weighted by Gasteiger charge is 2.39. The van der Waals surface area contributed by atoms with Gasteiger partial charge in [0, 0.05) is 43.7 Å². The number of carbonyl (C=O) groups excluding carboxylic acids is 3. The number of thioether (sulfide) groups is 1. The number of rotatable bonds is 5. The summed E-state index contributed by atoms with van der Waals surface area (Å²) in [5.41, 5.74) is 3.09. The summed E-state index contributed by atoms with van der Waals surface area (Å²) in [4.78, 5) is 45.4. The van der Waals surface area contributed by atoms with E-state index in [1.54, 1.807) is 36.8 Å². The van der Waals surface area contributed by atoms with Crippen LogP contribution in [0.4, 0.5) is 5.82 Å². The maximum Gasteiger partial charge on any atom is 0.242 e. The smallest absolute Gasteiger partial charge is 0.242 e. The number of para-hydroxylation sites is 1.